The van der Waals surface area contributed by atoms with E-state index in [1.807, 2.05) is 60.7 Å². The summed E-state index contributed by atoms with van der Waals surface area (Å²) in [6, 6.07) is 26.8. The van der Waals surface area contributed by atoms with Gasteiger partial charge in [-0.3, -0.25) is 9.59 Å². The van der Waals surface area contributed by atoms with Crippen LogP contribution in [0.4, 0.5) is 0 Å². The number of nitrogens with one attached hydrogen (secondary N) is 1. The number of aromatic nitrogens is 3. The normalized spacial score (nSPS) is 12.0. The van der Waals surface area contributed by atoms with Crippen LogP contribution in [0, 0.1) is 0 Å². The van der Waals surface area contributed by atoms with Crippen LogP contribution in [-0.2, 0) is 11.3 Å². The number of nitrogens with zero attached hydrogens (tertiary/aromatic N) is 3. The number of fused-ring (bicyclic) bond motifs is 2. The fourth-order valence-corrected chi connectivity index (χ4v) is 4.02. The molecule has 2 N–H and O–H groups in total. The monoisotopic (exact) mass is 436 g/mol. The molecule has 0 fully saturated rings. The molecule has 0 aliphatic rings. The lowest BCUT2D eigenvalue weighted by molar-refractivity contribution is -0.122. The predicted octanol–water partition coefficient (Wildman–Crippen LogP) is 3.56. The Bertz CT molecular complexity index is 1530. The van der Waals surface area contributed by atoms with Gasteiger partial charge in [-0.2, -0.15) is 0 Å². The summed E-state index contributed by atoms with van der Waals surface area (Å²) in [6.07, 6.45) is 0. The fraction of sp³-hybridized carbons (Fsp3) is 0.0769. The quantitative estimate of drug-likeness (QED) is 0.439. The minimum atomic E-state index is -0.631. The highest BCUT2D eigenvalue weighted by Gasteiger charge is 2.23. The number of hydrogen-bond acceptors (Lipinski definition) is 5. The summed E-state index contributed by atoms with van der Waals surface area (Å²) in [5.41, 5.74) is 1.47. The van der Waals surface area contributed by atoms with Crippen LogP contribution in [0.3, 0.4) is 0 Å². The highest BCUT2D eigenvalue weighted by molar-refractivity contribution is 5.89. The maximum Gasteiger partial charge on any atom is 0.278 e. The van der Waals surface area contributed by atoms with Gasteiger partial charge < -0.3 is 10.4 Å². The van der Waals surface area contributed by atoms with Gasteiger partial charge in [-0.15, -0.1) is 5.10 Å². The summed E-state index contributed by atoms with van der Waals surface area (Å²) in [6.45, 7) is -0.300. The van der Waals surface area contributed by atoms with Crippen molar-refractivity contribution in [3.8, 4) is 5.75 Å². The Morgan fingerprint density at radius 3 is 2.39 bits per heavy atom. The van der Waals surface area contributed by atoms with Crippen molar-refractivity contribution in [3.05, 3.63) is 112 Å². The van der Waals surface area contributed by atoms with E-state index in [9.17, 15) is 14.7 Å². The lowest BCUT2D eigenvalue weighted by atomic mass is 9.92. The topological polar surface area (TPSA) is 97.1 Å². The molecular weight excluding hydrogens is 416 g/mol. The lowest BCUT2D eigenvalue weighted by Crippen LogP contribution is -2.36. The van der Waals surface area contributed by atoms with Crippen LogP contribution in [0.5, 0.6) is 5.75 Å². The Hall–Kier alpha value is -4.52. The van der Waals surface area contributed by atoms with Crippen molar-refractivity contribution in [3.63, 3.8) is 0 Å². The molecule has 1 atom stereocenters. The number of carbonyl (C=O) groups excluding carboxylic acids is 1. The largest absolute Gasteiger partial charge is 0.508 e. The second-order valence-corrected chi connectivity index (χ2v) is 7.70. The summed E-state index contributed by atoms with van der Waals surface area (Å²) in [4.78, 5) is 25.8. The van der Waals surface area contributed by atoms with Crippen LogP contribution in [0.15, 0.2) is 95.8 Å². The first-order valence-electron chi connectivity index (χ1n) is 10.5. The molecule has 1 unspecified atom stereocenters. The van der Waals surface area contributed by atoms with Crippen molar-refractivity contribution < 1.29 is 9.90 Å². The molecule has 1 amide bonds. The molecule has 7 nitrogen and oxygen atoms in total. The molecule has 162 valence electrons. The second kappa shape index (κ2) is 8.55. The van der Waals surface area contributed by atoms with Crippen molar-refractivity contribution in [2.45, 2.75) is 12.6 Å². The Labute approximate surface area is 188 Å². The minimum absolute atomic E-state index is 0.0746. The number of rotatable bonds is 5. The Morgan fingerprint density at radius 1 is 0.879 bits per heavy atom. The first kappa shape index (κ1) is 20.4. The van der Waals surface area contributed by atoms with Gasteiger partial charge in [-0.1, -0.05) is 78.0 Å². The third kappa shape index (κ3) is 3.92. The second-order valence-electron chi connectivity index (χ2n) is 7.70. The molecule has 33 heavy (non-hydrogen) atoms. The van der Waals surface area contributed by atoms with Crippen molar-refractivity contribution in [2.75, 3.05) is 0 Å². The molecule has 0 saturated heterocycles. The van der Waals surface area contributed by atoms with Crippen molar-refractivity contribution in [1.82, 2.24) is 20.3 Å². The number of carbonyl (C=O) groups is 1. The highest BCUT2D eigenvalue weighted by Crippen LogP contribution is 2.35. The molecule has 0 radical (unpaired) electrons. The van der Waals surface area contributed by atoms with E-state index in [0.717, 1.165) is 21.0 Å². The van der Waals surface area contributed by atoms with Crippen LogP contribution in [0.2, 0.25) is 0 Å². The summed E-state index contributed by atoms with van der Waals surface area (Å²) in [5, 5.41) is 23.9. The summed E-state index contributed by atoms with van der Waals surface area (Å²) >= 11 is 0. The van der Waals surface area contributed by atoms with Gasteiger partial charge in [-0.05, 0) is 34.5 Å². The van der Waals surface area contributed by atoms with Gasteiger partial charge in [-0.25, -0.2) is 4.68 Å². The van der Waals surface area contributed by atoms with Gasteiger partial charge in [0.25, 0.3) is 5.56 Å². The zero-order valence-electron chi connectivity index (χ0n) is 17.6. The zero-order chi connectivity index (χ0) is 22.8. The van der Waals surface area contributed by atoms with Gasteiger partial charge in [0.1, 0.15) is 17.8 Å². The summed E-state index contributed by atoms with van der Waals surface area (Å²) in [5.74, 6) is -0.353. The standard InChI is InChI=1S/C26H20N4O3/c31-22-15-14-17-8-4-5-11-19(17)24(22)25(18-9-2-1-3-10-18)27-23(32)16-30-26(33)20-12-6-7-13-21(20)28-29-30/h1-15,25,31H,16H2,(H,27,32). The Morgan fingerprint density at radius 2 is 1.58 bits per heavy atom. The van der Waals surface area contributed by atoms with Crippen LogP contribution >= 0.6 is 0 Å². The van der Waals surface area contributed by atoms with E-state index in [1.54, 1.807) is 30.3 Å². The van der Waals surface area contributed by atoms with E-state index >= 15 is 0 Å². The zero-order valence-corrected chi connectivity index (χ0v) is 17.6. The molecule has 1 heterocycles. The summed E-state index contributed by atoms with van der Waals surface area (Å²) in [7, 11) is 0. The molecule has 4 aromatic carbocycles. The number of benzene rings is 4. The van der Waals surface area contributed by atoms with Gasteiger partial charge in [0.2, 0.25) is 5.91 Å². The van der Waals surface area contributed by atoms with Gasteiger partial charge >= 0.3 is 0 Å². The van der Waals surface area contributed by atoms with E-state index in [2.05, 4.69) is 15.6 Å². The average Bonchev–Trinajstić information content (AvgIpc) is 2.85. The maximum absolute atomic E-state index is 13.1. The van der Waals surface area contributed by atoms with E-state index in [4.69, 9.17) is 0 Å². The molecular formula is C26H20N4O3. The molecule has 5 aromatic rings. The first-order valence-corrected chi connectivity index (χ1v) is 10.5. The predicted molar refractivity (Wildman–Crippen MR) is 126 cm³/mol. The third-order valence-electron chi connectivity index (χ3n) is 5.60. The van der Waals surface area contributed by atoms with Crippen LogP contribution in [0.25, 0.3) is 21.7 Å². The Kier molecular flexibility index (Phi) is 5.28. The molecule has 0 saturated carbocycles. The van der Waals surface area contributed by atoms with Gasteiger partial charge in [0, 0.05) is 5.56 Å². The SMILES string of the molecule is O=C(Cn1nnc2ccccc2c1=O)NC(c1ccccc1)c1c(O)ccc2ccccc12. The van der Waals surface area contributed by atoms with Crippen molar-refractivity contribution in [1.29, 1.82) is 0 Å². The molecule has 5 rings (SSSR count). The third-order valence-corrected chi connectivity index (χ3v) is 5.60. The molecule has 0 aliphatic carbocycles. The van der Waals surface area contributed by atoms with E-state index in [-0.39, 0.29) is 17.9 Å². The van der Waals surface area contributed by atoms with E-state index < -0.39 is 11.9 Å². The van der Waals surface area contributed by atoms with Gasteiger partial charge in [0.05, 0.1) is 11.4 Å². The van der Waals surface area contributed by atoms with Gasteiger partial charge in [0.15, 0.2) is 0 Å². The molecule has 7 heteroatoms. The maximum atomic E-state index is 13.1. The molecule has 1 aromatic heterocycles. The summed E-state index contributed by atoms with van der Waals surface area (Å²) < 4.78 is 1.04. The van der Waals surface area contributed by atoms with E-state index in [1.165, 1.54) is 0 Å². The Balaban J connectivity index is 1.54. The number of phenols is 1. The van der Waals surface area contributed by atoms with Crippen molar-refractivity contribution in [2.24, 2.45) is 0 Å². The fourth-order valence-electron chi connectivity index (χ4n) is 4.02. The molecule has 0 bridgehead atoms. The van der Waals surface area contributed by atoms with Crippen LogP contribution < -0.4 is 10.9 Å². The van der Waals surface area contributed by atoms with Crippen LogP contribution in [-0.4, -0.2) is 26.0 Å². The number of phenolic OH excluding ortho intramolecular Hbond substituents is 1. The molecule has 0 aliphatic heterocycles. The number of amides is 1. The first-order chi connectivity index (χ1) is 16.1. The smallest absolute Gasteiger partial charge is 0.278 e. The lowest BCUT2D eigenvalue weighted by Gasteiger charge is -2.22. The average molecular weight is 436 g/mol. The minimum Gasteiger partial charge on any atom is -0.508 e. The van der Waals surface area contributed by atoms with E-state index in [0.29, 0.717) is 16.5 Å². The molecule has 0 spiro atoms. The number of aromatic hydroxyl groups is 1. The van der Waals surface area contributed by atoms with Crippen molar-refractivity contribution >= 4 is 27.6 Å². The van der Waals surface area contributed by atoms with Crippen LogP contribution in [0.1, 0.15) is 17.2 Å². The highest BCUT2D eigenvalue weighted by atomic mass is 16.3. The number of hydrogen-bond donors (Lipinski definition) is 2.